The average Bonchev–Trinajstić information content (AvgIpc) is 2.78. The minimum Gasteiger partial charge on any atom is -0.308 e. The largest absolute Gasteiger partial charge is 0.308 e. The van der Waals surface area contributed by atoms with E-state index in [-0.39, 0.29) is 0 Å². The van der Waals surface area contributed by atoms with E-state index in [1.807, 2.05) is 0 Å². The summed E-state index contributed by atoms with van der Waals surface area (Å²) in [7, 11) is 0. The third kappa shape index (κ3) is 3.16. The second-order valence-corrected chi connectivity index (χ2v) is 7.66. The zero-order valence-electron chi connectivity index (χ0n) is 13.8. The molecule has 2 fully saturated rings. The summed E-state index contributed by atoms with van der Waals surface area (Å²) in [6.45, 7) is 14.4. The molecule has 0 radical (unpaired) electrons. The molecule has 0 spiro atoms. The Balaban J connectivity index is 2.10. The molecule has 1 aliphatic heterocycles. The van der Waals surface area contributed by atoms with E-state index in [1.54, 1.807) is 0 Å². The first-order valence-electron chi connectivity index (χ1n) is 8.46. The van der Waals surface area contributed by atoms with E-state index in [0.717, 1.165) is 12.1 Å². The molecule has 1 saturated carbocycles. The summed E-state index contributed by atoms with van der Waals surface area (Å²) in [5, 5.41) is 3.87. The summed E-state index contributed by atoms with van der Waals surface area (Å²) in [5.41, 5.74) is 0.938. The molecule has 0 bridgehead atoms. The lowest BCUT2D eigenvalue weighted by atomic mass is 9.86. The molecule has 1 N–H and O–H groups in total. The van der Waals surface area contributed by atoms with Crippen molar-refractivity contribution in [3.8, 4) is 0 Å². The van der Waals surface area contributed by atoms with Gasteiger partial charge >= 0.3 is 0 Å². The average molecular weight is 266 g/mol. The zero-order valence-corrected chi connectivity index (χ0v) is 13.8. The summed E-state index contributed by atoms with van der Waals surface area (Å²) in [4.78, 5) is 2.87. The van der Waals surface area contributed by atoms with Crippen LogP contribution in [0.15, 0.2) is 0 Å². The Morgan fingerprint density at radius 2 is 1.84 bits per heavy atom. The minimum atomic E-state index is 0.373. The van der Waals surface area contributed by atoms with Crippen molar-refractivity contribution in [3.63, 3.8) is 0 Å². The molecular formula is C17H34N2. The van der Waals surface area contributed by atoms with Crippen LogP contribution in [0.2, 0.25) is 0 Å². The second kappa shape index (κ2) is 5.73. The molecule has 2 heteroatoms. The standard InChI is InChI=1S/C17H34N2/c1-6-14-12-18-17(7-2,8-3)13-19(14)15-9-10-16(4,5)11-15/h14-15,18H,6-13H2,1-5H3. The van der Waals surface area contributed by atoms with Gasteiger partial charge in [-0.2, -0.15) is 0 Å². The van der Waals surface area contributed by atoms with Crippen LogP contribution in [-0.2, 0) is 0 Å². The van der Waals surface area contributed by atoms with Gasteiger partial charge in [-0.3, -0.25) is 4.90 Å². The van der Waals surface area contributed by atoms with Gasteiger partial charge in [0.15, 0.2) is 0 Å². The molecule has 2 aliphatic rings. The molecular weight excluding hydrogens is 232 g/mol. The van der Waals surface area contributed by atoms with Gasteiger partial charge in [-0.05, 0) is 43.9 Å². The quantitative estimate of drug-likeness (QED) is 0.832. The van der Waals surface area contributed by atoms with Crippen LogP contribution in [0.3, 0.4) is 0 Å². The van der Waals surface area contributed by atoms with Crippen molar-refractivity contribution in [3.05, 3.63) is 0 Å². The molecule has 0 aromatic rings. The number of nitrogens with one attached hydrogen (secondary N) is 1. The Morgan fingerprint density at radius 1 is 1.16 bits per heavy atom. The van der Waals surface area contributed by atoms with Gasteiger partial charge in [-0.15, -0.1) is 0 Å². The third-order valence-electron chi connectivity index (χ3n) is 5.90. The zero-order chi connectivity index (χ0) is 14.1. The van der Waals surface area contributed by atoms with E-state index < -0.39 is 0 Å². The predicted molar refractivity (Wildman–Crippen MR) is 83.5 cm³/mol. The highest BCUT2D eigenvalue weighted by Crippen LogP contribution is 2.41. The molecule has 1 heterocycles. The van der Waals surface area contributed by atoms with Gasteiger partial charge in [-0.1, -0.05) is 34.6 Å². The van der Waals surface area contributed by atoms with Gasteiger partial charge in [0.25, 0.3) is 0 Å². The number of piperazine rings is 1. The molecule has 0 amide bonds. The van der Waals surface area contributed by atoms with E-state index in [1.165, 1.54) is 51.6 Å². The van der Waals surface area contributed by atoms with E-state index in [4.69, 9.17) is 0 Å². The maximum atomic E-state index is 3.87. The van der Waals surface area contributed by atoms with Gasteiger partial charge in [0.05, 0.1) is 0 Å². The van der Waals surface area contributed by atoms with Crippen LogP contribution < -0.4 is 5.32 Å². The van der Waals surface area contributed by atoms with E-state index in [0.29, 0.717) is 11.0 Å². The van der Waals surface area contributed by atoms with Crippen molar-refractivity contribution in [2.24, 2.45) is 5.41 Å². The summed E-state index contributed by atoms with van der Waals surface area (Å²) in [6.07, 6.45) is 8.01. The first-order chi connectivity index (χ1) is 8.95. The van der Waals surface area contributed by atoms with Crippen molar-refractivity contribution in [1.29, 1.82) is 0 Å². The lowest BCUT2D eigenvalue weighted by Gasteiger charge is -2.50. The fourth-order valence-electron chi connectivity index (χ4n) is 4.20. The van der Waals surface area contributed by atoms with Gasteiger partial charge in [0.2, 0.25) is 0 Å². The van der Waals surface area contributed by atoms with Crippen LogP contribution in [0.5, 0.6) is 0 Å². The van der Waals surface area contributed by atoms with Crippen molar-refractivity contribution < 1.29 is 0 Å². The molecule has 1 saturated heterocycles. The van der Waals surface area contributed by atoms with Gasteiger partial charge in [-0.25, -0.2) is 0 Å². The van der Waals surface area contributed by atoms with Crippen LogP contribution in [-0.4, -0.2) is 35.6 Å². The molecule has 2 atom stereocenters. The molecule has 112 valence electrons. The lowest BCUT2D eigenvalue weighted by molar-refractivity contribution is 0.0334. The van der Waals surface area contributed by atoms with Crippen molar-refractivity contribution >= 4 is 0 Å². The molecule has 2 rings (SSSR count). The van der Waals surface area contributed by atoms with Gasteiger partial charge in [0.1, 0.15) is 0 Å². The second-order valence-electron chi connectivity index (χ2n) is 7.66. The molecule has 2 nitrogen and oxygen atoms in total. The van der Waals surface area contributed by atoms with Gasteiger partial charge < -0.3 is 5.32 Å². The summed E-state index contributed by atoms with van der Waals surface area (Å²) < 4.78 is 0. The highest BCUT2D eigenvalue weighted by molar-refractivity contribution is 5.00. The number of hydrogen-bond acceptors (Lipinski definition) is 2. The Morgan fingerprint density at radius 3 is 2.32 bits per heavy atom. The minimum absolute atomic E-state index is 0.373. The smallest absolute Gasteiger partial charge is 0.0304 e. The maximum absolute atomic E-state index is 3.87. The first-order valence-corrected chi connectivity index (χ1v) is 8.46. The summed E-state index contributed by atoms with van der Waals surface area (Å²) >= 11 is 0. The first kappa shape index (κ1) is 15.3. The Hall–Kier alpha value is -0.0800. The summed E-state index contributed by atoms with van der Waals surface area (Å²) in [6, 6.07) is 1.59. The lowest BCUT2D eigenvalue weighted by Crippen LogP contribution is -2.65. The number of hydrogen-bond donors (Lipinski definition) is 1. The highest BCUT2D eigenvalue weighted by atomic mass is 15.3. The predicted octanol–water partition coefficient (Wildman–Crippen LogP) is 3.81. The fraction of sp³-hybridized carbons (Fsp3) is 1.00. The van der Waals surface area contributed by atoms with E-state index in [9.17, 15) is 0 Å². The van der Waals surface area contributed by atoms with E-state index >= 15 is 0 Å². The third-order valence-corrected chi connectivity index (χ3v) is 5.90. The van der Waals surface area contributed by atoms with Crippen LogP contribution in [0.25, 0.3) is 0 Å². The normalized spacial score (nSPS) is 34.6. The molecule has 0 aromatic heterocycles. The van der Waals surface area contributed by atoms with Crippen molar-refractivity contribution in [1.82, 2.24) is 10.2 Å². The molecule has 2 unspecified atom stereocenters. The molecule has 1 aliphatic carbocycles. The number of nitrogens with zero attached hydrogens (tertiary/aromatic N) is 1. The highest BCUT2D eigenvalue weighted by Gasteiger charge is 2.42. The monoisotopic (exact) mass is 266 g/mol. The number of rotatable bonds is 4. The van der Waals surface area contributed by atoms with Gasteiger partial charge in [0, 0.05) is 30.7 Å². The van der Waals surface area contributed by atoms with Crippen LogP contribution in [0, 0.1) is 5.41 Å². The van der Waals surface area contributed by atoms with Crippen molar-refractivity contribution in [2.75, 3.05) is 13.1 Å². The van der Waals surface area contributed by atoms with Crippen molar-refractivity contribution in [2.45, 2.75) is 90.8 Å². The SMILES string of the molecule is CCC1CNC(CC)(CC)CN1C1CCC(C)(C)C1. The summed E-state index contributed by atoms with van der Waals surface area (Å²) in [5.74, 6) is 0. The van der Waals surface area contributed by atoms with Crippen LogP contribution in [0.4, 0.5) is 0 Å². The Kier molecular flexibility index (Phi) is 4.62. The van der Waals surface area contributed by atoms with Crippen LogP contribution in [0.1, 0.15) is 73.1 Å². The fourth-order valence-corrected chi connectivity index (χ4v) is 4.20. The topological polar surface area (TPSA) is 15.3 Å². The maximum Gasteiger partial charge on any atom is 0.0304 e. The Bertz CT molecular complexity index is 294. The molecule has 0 aromatic carbocycles. The van der Waals surface area contributed by atoms with Crippen LogP contribution >= 0.6 is 0 Å². The Labute approximate surface area is 120 Å². The molecule has 19 heavy (non-hydrogen) atoms. The van der Waals surface area contributed by atoms with E-state index in [2.05, 4.69) is 44.8 Å².